The van der Waals surface area contributed by atoms with Gasteiger partial charge in [-0.15, -0.1) is 0 Å². The predicted octanol–water partition coefficient (Wildman–Crippen LogP) is 5.19. The van der Waals surface area contributed by atoms with Crippen molar-refractivity contribution in [2.24, 2.45) is 5.41 Å². The second kappa shape index (κ2) is 7.58. The largest absolute Gasteiger partial charge is 0.497 e. The van der Waals surface area contributed by atoms with Gasteiger partial charge in [0.15, 0.2) is 11.6 Å². The zero-order valence-corrected chi connectivity index (χ0v) is 18.6. The Labute approximate surface area is 190 Å². The molecule has 1 atom stereocenters. The van der Waals surface area contributed by atoms with Crippen LogP contribution < -0.4 is 10.1 Å². The predicted molar refractivity (Wildman–Crippen MR) is 124 cm³/mol. The number of Topliss-reactive ketones (excluding diaryl/α,β-unsaturated/α-hetero) is 1. The number of nitrogens with zero attached hydrogens (tertiary/aromatic N) is 2. The molecule has 1 aliphatic heterocycles. The van der Waals surface area contributed by atoms with Crippen molar-refractivity contribution in [3.63, 3.8) is 0 Å². The van der Waals surface area contributed by atoms with Crippen LogP contribution in [0.25, 0.3) is 11.3 Å². The van der Waals surface area contributed by atoms with Crippen molar-refractivity contribution >= 4 is 17.3 Å². The van der Waals surface area contributed by atoms with Crippen LogP contribution >= 0.6 is 0 Å². The third-order valence-corrected chi connectivity index (χ3v) is 6.37. The molecule has 0 fully saturated rings. The van der Waals surface area contributed by atoms with Crippen LogP contribution in [-0.2, 0) is 4.79 Å². The SMILES string of the molecule is COc1ccc([C@@H]2C3=C(CC(C)(C)CC3=O)Nc3n[nH]c(-c4cccc([N+](=O)[O-])c4)c32)cc1. The Morgan fingerprint density at radius 2 is 1.91 bits per heavy atom. The number of nitrogens with one attached hydrogen (secondary N) is 2. The number of anilines is 1. The number of nitro groups is 1. The Bertz CT molecular complexity index is 1300. The maximum Gasteiger partial charge on any atom is 0.270 e. The summed E-state index contributed by atoms with van der Waals surface area (Å²) >= 11 is 0. The van der Waals surface area contributed by atoms with E-state index in [2.05, 4.69) is 29.4 Å². The van der Waals surface area contributed by atoms with Crippen molar-refractivity contribution in [3.05, 3.63) is 81.0 Å². The van der Waals surface area contributed by atoms with E-state index in [1.165, 1.54) is 12.1 Å². The number of benzene rings is 2. The van der Waals surface area contributed by atoms with Crippen LogP contribution in [0.4, 0.5) is 11.5 Å². The van der Waals surface area contributed by atoms with Gasteiger partial charge in [0.2, 0.25) is 0 Å². The summed E-state index contributed by atoms with van der Waals surface area (Å²) in [6.45, 7) is 4.18. The highest BCUT2D eigenvalue weighted by molar-refractivity contribution is 6.02. The average molecular weight is 444 g/mol. The number of allylic oxidation sites excluding steroid dienone is 2. The third kappa shape index (κ3) is 3.57. The molecule has 0 saturated carbocycles. The molecule has 1 aromatic heterocycles. The molecule has 0 amide bonds. The van der Waals surface area contributed by atoms with Gasteiger partial charge >= 0.3 is 0 Å². The van der Waals surface area contributed by atoms with Crippen molar-refractivity contribution in [2.75, 3.05) is 12.4 Å². The summed E-state index contributed by atoms with van der Waals surface area (Å²) in [6.07, 6.45) is 1.19. The van der Waals surface area contributed by atoms with Crippen LogP contribution in [-0.4, -0.2) is 28.0 Å². The van der Waals surface area contributed by atoms with Crippen LogP contribution in [0.1, 0.15) is 43.7 Å². The highest BCUT2D eigenvalue weighted by atomic mass is 16.6. The molecule has 8 heteroatoms. The normalized spacial score (nSPS) is 18.9. The molecule has 0 radical (unpaired) electrons. The molecule has 33 heavy (non-hydrogen) atoms. The molecule has 0 saturated heterocycles. The summed E-state index contributed by atoms with van der Waals surface area (Å²) in [5, 5.41) is 22.3. The molecule has 2 N–H and O–H groups in total. The lowest BCUT2D eigenvalue weighted by molar-refractivity contribution is -0.384. The lowest BCUT2D eigenvalue weighted by Crippen LogP contribution is -2.33. The molecule has 0 unspecified atom stereocenters. The van der Waals surface area contributed by atoms with E-state index in [0.717, 1.165) is 34.6 Å². The number of methoxy groups -OCH3 is 1. The monoisotopic (exact) mass is 444 g/mol. The van der Waals surface area contributed by atoms with E-state index in [1.54, 1.807) is 13.2 Å². The Morgan fingerprint density at radius 3 is 2.61 bits per heavy atom. The number of non-ortho nitro benzene ring substituents is 1. The Morgan fingerprint density at radius 1 is 1.15 bits per heavy atom. The van der Waals surface area contributed by atoms with Crippen LogP contribution in [0.3, 0.4) is 0 Å². The van der Waals surface area contributed by atoms with E-state index in [4.69, 9.17) is 4.74 Å². The molecule has 0 bridgehead atoms. The fourth-order valence-corrected chi connectivity index (χ4v) is 4.92. The number of carbonyl (C=O) groups excluding carboxylic acids is 1. The van der Waals surface area contributed by atoms with Crippen LogP contribution in [0.2, 0.25) is 0 Å². The maximum absolute atomic E-state index is 13.4. The molecule has 2 aromatic carbocycles. The quantitative estimate of drug-likeness (QED) is 0.423. The zero-order chi connectivity index (χ0) is 23.3. The smallest absolute Gasteiger partial charge is 0.270 e. The second-order valence-corrected chi connectivity index (χ2v) is 9.33. The number of carbonyl (C=O) groups is 1. The first kappa shape index (κ1) is 20.9. The van der Waals surface area contributed by atoms with Gasteiger partial charge in [0.1, 0.15) is 5.75 Å². The van der Waals surface area contributed by atoms with E-state index < -0.39 is 4.92 Å². The molecular formula is C25H24N4O4. The Balaban J connectivity index is 1.72. The number of aromatic amines is 1. The standard InChI is InChI=1S/C25H24N4O4/c1-25(2)12-18-21(19(30)13-25)20(14-7-9-17(33-3)10-8-14)22-23(27-28-24(22)26-18)15-5-4-6-16(11-15)29(31)32/h4-11,20H,12-13H2,1-3H3,(H2,26,27,28)/t20-/m1/s1. The Hall–Kier alpha value is -3.94. The summed E-state index contributed by atoms with van der Waals surface area (Å²) in [5.74, 6) is 1.12. The topological polar surface area (TPSA) is 110 Å². The maximum atomic E-state index is 13.4. The van der Waals surface area contributed by atoms with Gasteiger partial charge in [-0.2, -0.15) is 5.10 Å². The number of ether oxygens (including phenoxy) is 1. The fraction of sp³-hybridized carbons (Fsp3) is 0.280. The minimum Gasteiger partial charge on any atom is -0.497 e. The number of nitro benzene ring substituents is 1. The molecule has 2 aliphatic rings. The van der Waals surface area contributed by atoms with Crippen LogP contribution in [0.5, 0.6) is 5.75 Å². The van der Waals surface area contributed by atoms with E-state index in [0.29, 0.717) is 23.5 Å². The van der Waals surface area contributed by atoms with Crippen LogP contribution in [0, 0.1) is 15.5 Å². The van der Waals surface area contributed by atoms with Gasteiger partial charge in [-0.1, -0.05) is 38.1 Å². The fourth-order valence-electron chi connectivity index (χ4n) is 4.92. The van der Waals surface area contributed by atoms with Gasteiger partial charge in [-0.05, 0) is 29.5 Å². The lowest BCUT2D eigenvalue weighted by Gasteiger charge is -2.38. The van der Waals surface area contributed by atoms with E-state index in [9.17, 15) is 14.9 Å². The highest BCUT2D eigenvalue weighted by Crippen LogP contribution is 2.51. The Kier molecular flexibility index (Phi) is 4.81. The van der Waals surface area contributed by atoms with Crippen molar-refractivity contribution in [2.45, 2.75) is 32.6 Å². The van der Waals surface area contributed by atoms with Crippen molar-refractivity contribution in [1.29, 1.82) is 0 Å². The van der Waals surface area contributed by atoms with Crippen LogP contribution in [0.15, 0.2) is 59.8 Å². The van der Waals surface area contributed by atoms with Gasteiger partial charge < -0.3 is 10.1 Å². The first-order valence-corrected chi connectivity index (χ1v) is 10.8. The minimum atomic E-state index is -0.418. The van der Waals surface area contributed by atoms with E-state index >= 15 is 0 Å². The van der Waals surface area contributed by atoms with E-state index in [1.807, 2.05) is 30.3 Å². The number of hydrogen-bond donors (Lipinski definition) is 2. The van der Waals surface area contributed by atoms with Gasteiger partial charge in [-0.3, -0.25) is 20.0 Å². The number of fused-ring (bicyclic) bond motifs is 1. The number of aromatic nitrogens is 2. The third-order valence-electron chi connectivity index (χ3n) is 6.37. The number of ketones is 1. The lowest BCUT2D eigenvalue weighted by atomic mass is 9.69. The molecular weight excluding hydrogens is 420 g/mol. The zero-order valence-electron chi connectivity index (χ0n) is 18.6. The number of hydrogen-bond acceptors (Lipinski definition) is 6. The summed E-state index contributed by atoms with van der Waals surface area (Å²) < 4.78 is 5.32. The summed E-state index contributed by atoms with van der Waals surface area (Å²) in [5.41, 5.74) is 4.53. The summed E-state index contributed by atoms with van der Waals surface area (Å²) in [6, 6.07) is 14.1. The van der Waals surface area contributed by atoms with Gasteiger partial charge in [-0.25, -0.2) is 0 Å². The minimum absolute atomic E-state index is 0.00369. The molecule has 0 spiro atoms. The van der Waals surface area contributed by atoms with Gasteiger partial charge in [0, 0.05) is 46.9 Å². The average Bonchev–Trinajstić information content (AvgIpc) is 3.20. The van der Waals surface area contributed by atoms with Crippen molar-refractivity contribution in [1.82, 2.24) is 10.2 Å². The second-order valence-electron chi connectivity index (χ2n) is 9.33. The number of rotatable bonds is 4. The molecule has 8 nitrogen and oxygen atoms in total. The summed E-state index contributed by atoms with van der Waals surface area (Å²) in [7, 11) is 1.61. The first-order valence-electron chi connectivity index (χ1n) is 10.8. The van der Waals surface area contributed by atoms with Gasteiger partial charge in [0.05, 0.1) is 17.7 Å². The van der Waals surface area contributed by atoms with Crippen molar-refractivity contribution in [3.8, 4) is 17.0 Å². The van der Waals surface area contributed by atoms with Gasteiger partial charge in [0.25, 0.3) is 5.69 Å². The molecule has 5 rings (SSSR count). The summed E-state index contributed by atoms with van der Waals surface area (Å²) in [4.78, 5) is 24.4. The molecule has 1 aliphatic carbocycles. The molecule has 168 valence electrons. The van der Waals surface area contributed by atoms with E-state index in [-0.39, 0.29) is 22.8 Å². The highest BCUT2D eigenvalue weighted by Gasteiger charge is 2.42. The molecule has 3 aromatic rings. The number of H-pyrrole nitrogens is 1. The van der Waals surface area contributed by atoms with Crippen molar-refractivity contribution < 1.29 is 14.5 Å². The molecule has 2 heterocycles. The first-order chi connectivity index (χ1) is 15.8.